The number of halogens is 3. The molecule has 0 aromatic heterocycles. The monoisotopic (exact) mass is 258 g/mol. The molecule has 1 heterocycles. The zero-order chi connectivity index (χ0) is 13.1. The predicted molar refractivity (Wildman–Crippen MR) is 59.7 cm³/mol. The Kier molecular flexibility index (Phi) is 3.86. The van der Waals surface area contributed by atoms with Gasteiger partial charge < -0.3 is 10.6 Å². The van der Waals surface area contributed by atoms with Crippen LogP contribution in [-0.4, -0.2) is 25.0 Å². The first-order chi connectivity index (χ1) is 8.58. The van der Waals surface area contributed by atoms with Crippen LogP contribution in [0, 0.1) is 17.5 Å². The standard InChI is InChI=1S/C12H13F3N2O/c13-9-4-7(5-10(14)11(9)15)12(18)17-8-2-1-3-16-6-8/h4-5,8,16H,1-3,6H2,(H,17,18)/t8-/m1/s1. The van der Waals surface area contributed by atoms with Crippen molar-refractivity contribution in [3.05, 3.63) is 35.1 Å². The summed E-state index contributed by atoms with van der Waals surface area (Å²) in [7, 11) is 0. The van der Waals surface area contributed by atoms with Crippen molar-refractivity contribution >= 4 is 5.91 Å². The van der Waals surface area contributed by atoms with Crippen molar-refractivity contribution in [1.29, 1.82) is 0 Å². The largest absolute Gasteiger partial charge is 0.348 e. The lowest BCUT2D eigenvalue weighted by atomic mass is 10.1. The topological polar surface area (TPSA) is 41.1 Å². The third-order valence-electron chi connectivity index (χ3n) is 2.88. The minimum atomic E-state index is -1.56. The van der Waals surface area contributed by atoms with E-state index in [1.807, 2.05) is 0 Å². The van der Waals surface area contributed by atoms with E-state index in [9.17, 15) is 18.0 Å². The number of rotatable bonds is 2. The zero-order valence-corrected chi connectivity index (χ0v) is 9.60. The second kappa shape index (κ2) is 5.39. The Morgan fingerprint density at radius 1 is 1.28 bits per heavy atom. The SMILES string of the molecule is O=C(N[C@@H]1CCCNC1)c1cc(F)c(F)c(F)c1. The maximum absolute atomic E-state index is 13.0. The van der Waals surface area contributed by atoms with E-state index in [2.05, 4.69) is 10.6 Å². The molecule has 2 rings (SSSR count). The quantitative estimate of drug-likeness (QED) is 0.791. The molecule has 6 heteroatoms. The van der Waals surface area contributed by atoms with Crippen LogP contribution in [0.1, 0.15) is 23.2 Å². The van der Waals surface area contributed by atoms with Gasteiger partial charge in [-0.15, -0.1) is 0 Å². The molecule has 1 amide bonds. The Hall–Kier alpha value is -1.56. The summed E-state index contributed by atoms with van der Waals surface area (Å²) >= 11 is 0. The lowest BCUT2D eigenvalue weighted by Gasteiger charge is -2.23. The number of hydrogen-bond acceptors (Lipinski definition) is 2. The summed E-state index contributed by atoms with van der Waals surface area (Å²) < 4.78 is 38.7. The summed E-state index contributed by atoms with van der Waals surface area (Å²) in [5.41, 5.74) is -0.211. The highest BCUT2D eigenvalue weighted by molar-refractivity contribution is 5.94. The number of hydrogen-bond donors (Lipinski definition) is 2. The Labute approximate surface area is 102 Å². The van der Waals surface area contributed by atoms with Crippen molar-refractivity contribution in [2.45, 2.75) is 18.9 Å². The number of carbonyl (C=O) groups excluding carboxylic acids is 1. The van der Waals surface area contributed by atoms with Crippen molar-refractivity contribution in [1.82, 2.24) is 10.6 Å². The van der Waals surface area contributed by atoms with Crippen molar-refractivity contribution in [2.24, 2.45) is 0 Å². The highest BCUT2D eigenvalue weighted by Gasteiger charge is 2.19. The maximum atomic E-state index is 13.0. The van der Waals surface area contributed by atoms with Gasteiger partial charge in [0.05, 0.1) is 0 Å². The van der Waals surface area contributed by atoms with Crippen LogP contribution in [0.3, 0.4) is 0 Å². The molecule has 98 valence electrons. The highest BCUT2D eigenvalue weighted by atomic mass is 19.2. The zero-order valence-electron chi connectivity index (χ0n) is 9.60. The van der Waals surface area contributed by atoms with Crippen LogP contribution in [-0.2, 0) is 0 Å². The van der Waals surface area contributed by atoms with Gasteiger partial charge in [0.2, 0.25) is 0 Å². The van der Waals surface area contributed by atoms with Crippen LogP contribution in [0.25, 0.3) is 0 Å². The lowest BCUT2D eigenvalue weighted by Crippen LogP contribution is -2.45. The van der Waals surface area contributed by atoms with E-state index in [1.165, 1.54) is 0 Å². The Morgan fingerprint density at radius 2 is 1.94 bits per heavy atom. The Bertz CT molecular complexity index is 436. The molecule has 2 N–H and O–H groups in total. The number of benzene rings is 1. The third-order valence-corrected chi connectivity index (χ3v) is 2.88. The van der Waals surface area contributed by atoms with Crippen molar-refractivity contribution in [3.8, 4) is 0 Å². The second-order valence-corrected chi connectivity index (χ2v) is 4.27. The molecule has 1 atom stereocenters. The van der Waals surface area contributed by atoms with Crippen LogP contribution >= 0.6 is 0 Å². The molecule has 3 nitrogen and oxygen atoms in total. The highest BCUT2D eigenvalue weighted by Crippen LogP contribution is 2.14. The number of carbonyl (C=O) groups is 1. The molecule has 0 unspecified atom stereocenters. The molecule has 0 aliphatic carbocycles. The fourth-order valence-corrected chi connectivity index (χ4v) is 1.93. The average molecular weight is 258 g/mol. The first kappa shape index (κ1) is 12.9. The van der Waals surface area contributed by atoms with Crippen LogP contribution in [0.15, 0.2) is 12.1 Å². The van der Waals surface area contributed by atoms with Gasteiger partial charge in [-0.2, -0.15) is 0 Å². The third kappa shape index (κ3) is 2.81. The molecule has 0 bridgehead atoms. The van der Waals surface area contributed by atoms with Gasteiger partial charge in [0.1, 0.15) is 0 Å². The Morgan fingerprint density at radius 3 is 2.50 bits per heavy atom. The van der Waals surface area contributed by atoms with Crippen LogP contribution in [0.4, 0.5) is 13.2 Å². The summed E-state index contributed by atoms with van der Waals surface area (Å²) in [6, 6.07) is 1.33. The van der Waals surface area contributed by atoms with Crippen molar-refractivity contribution < 1.29 is 18.0 Å². The fraction of sp³-hybridized carbons (Fsp3) is 0.417. The first-order valence-corrected chi connectivity index (χ1v) is 5.74. The first-order valence-electron chi connectivity index (χ1n) is 5.74. The number of amides is 1. The fourth-order valence-electron chi connectivity index (χ4n) is 1.93. The van der Waals surface area contributed by atoms with Gasteiger partial charge in [-0.3, -0.25) is 4.79 Å². The maximum Gasteiger partial charge on any atom is 0.251 e. The van der Waals surface area contributed by atoms with Crippen LogP contribution in [0.5, 0.6) is 0 Å². The minimum absolute atomic E-state index is 0.0672. The Balaban J connectivity index is 2.08. The molecule has 1 aromatic carbocycles. The van der Waals surface area contributed by atoms with Gasteiger partial charge in [0.25, 0.3) is 5.91 Å². The van der Waals surface area contributed by atoms with Crippen molar-refractivity contribution in [3.63, 3.8) is 0 Å². The van der Waals surface area contributed by atoms with Gasteiger partial charge in [-0.1, -0.05) is 0 Å². The van der Waals surface area contributed by atoms with Gasteiger partial charge in [0, 0.05) is 18.2 Å². The average Bonchev–Trinajstić information content (AvgIpc) is 2.36. The van der Waals surface area contributed by atoms with E-state index < -0.39 is 23.4 Å². The summed E-state index contributed by atoms with van der Waals surface area (Å²) in [6.45, 7) is 1.52. The van der Waals surface area contributed by atoms with Gasteiger partial charge in [-0.25, -0.2) is 13.2 Å². The molecular weight excluding hydrogens is 245 g/mol. The summed E-state index contributed by atoms with van der Waals surface area (Å²) in [5, 5.41) is 5.75. The minimum Gasteiger partial charge on any atom is -0.348 e. The van der Waals surface area contributed by atoms with E-state index in [0.29, 0.717) is 18.7 Å². The molecule has 1 fully saturated rings. The van der Waals surface area contributed by atoms with Gasteiger partial charge in [-0.05, 0) is 31.5 Å². The van der Waals surface area contributed by atoms with Gasteiger partial charge in [0.15, 0.2) is 17.5 Å². The smallest absolute Gasteiger partial charge is 0.251 e. The normalized spacial score (nSPS) is 19.6. The van der Waals surface area contributed by atoms with Crippen LogP contribution in [0.2, 0.25) is 0 Å². The molecule has 1 aliphatic heterocycles. The molecule has 0 radical (unpaired) electrons. The van der Waals surface area contributed by atoms with E-state index >= 15 is 0 Å². The van der Waals surface area contributed by atoms with Crippen LogP contribution < -0.4 is 10.6 Å². The van der Waals surface area contributed by atoms with E-state index in [1.54, 1.807) is 0 Å². The predicted octanol–water partition coefficient (Wildman–Crippen LogP) is 1.59. The van der Waals surface area contributed by atoms with E-state index in [-0.39, 0.29) is 11.6 Å². The molecule has 1 aliphatic rings. The lowest BCUT2D eigenvalue weighted by molar-refractivity contribution is 0.0929. The van der Waals surface area contributed by atoms with Crippen molar-refractivity contribution in [2.75, 3.05) is 13.1 Å². The molecule has 0 saturated carbocycles. The van der Waals surface area contributed by atoms with Gasteiger partial charge >= 0.3 is 0 Å². The molecular formula is C12H13F3N2O. The summed E-state index contributed by atoms with van der Waals surface area (Å²) in [6.07, 6.45) is 1.74. The van der Waals surface area contributed by atoms with E-state index in [4.69, 9.17) is 0 Å². The van der Waals surface area contributed by atoms with E-state index in [0.717, 1.165) is 19.4 Å². The summed E-state index contributed by atoms with van der Waals surface area (Å²) in [5.74, 6) is -4.88. The number of nitrogens with one attached hydrogen (secondary N) is 2. The second-order valence-electron chi connectivity index (χ2n) is 4.27. The molecule has 1 saturated heterocycles. The molecule has 18 heavy (non-hydrogen) atoms. The summed E-state index contributed by atoms with van der Waals surface area (Å²) in [4.78, 5) is 11.7. The number of piperidine rings is 1. The molecule has 1 aromatic rings. The molecule has 0 spiro atoms.